The second-order valence-corrected chi connectivity index (χ2v) is 8.74. The number of para-hydroxylation sites is 1. The van der Waals surface area contributed by atoms with Crippen LogP contribution in [-0.4, -0.2) is 6.21 Å². The Hall–Kier alpha value is -2.06. The molecule has 3 rings (SSSR count). The summed E-state index contributed by atoms with van der Waals surface area (Å²) in [7, 11) is 0. The highest BCUT2D eigenvalue weighted by molar-refractivity contribution is 6.33. The predicted molar refractivity (Wildman–Crippen MR) is 118 cm³/mol. The lowest BCUT2D eigenvalue weighted by molar-refractivity contribution is 0.235. The molecule has 142 valence electrons. The van der Waals surface area contributed by atoms with Gasteiger partial charge in [0.05, 0.1) is 5.70 Å². The molecule has 0 heterocycles. The third-order valence-electron chi connectivity index (χ3n) is 5.25. The SMILES string of the molecule is CC(C)(C)C1CC(C=NC2=CCCC=C2)=C(Cl)/C(=C/Nc2ccccc2)C1. The monoisotopic (exact) mass is 380 g/mol. The molecular formula is C24H29ClN2. The summed E-state index contributed by atoms with van der Waals surface area (Å²) in [6.07, 6.45) is 14.6. The second-order valence-electron chi connectivity index (χ2n) is 8.36. The van der Waals surface area contributed by atoms with Gasteiger partial charge in [-0.3, -0.25) is 4.99 Å². The number of allylic oxidation sites excluding steroid dienone is 6. The Labute approximate surface area is 168 Å². The summed E-state index contributed by atoms with van der Waals surface area (Å²) in [4.78, 5) is 4.69. The van der Waals surface area contributed by atoms with Crippen LogP contribution in [0.25, 0.3) is 0 Å². The summed E-state index contributed by atoms with van der Waals surface area (Å²) < 4.78 is 0. The molecule has 2 aliphatic carbocycles. The first-order valence-corrected chi connectivity index (χ1v) is 10.1. The molecule has 0 radical (unpaired) electrons. The van der Waals surface area contributed by atoms with Crippen molar-refractivity contribution in [3.05, 3.63) is 76.6 Å². The number of rotatable bonds is 4. The van der Waals surface area contributed by atoms with E-state index in [1.54, 1.807) is 0 Å². The van der Waals surface area contributed by atoms with Crippen molar-refractivity contribution >= 4 is 23.5 Å². The molecule has 1 aromatic carbocycles. The van der Waals surface area contributed by atoms with E-state index in [-0.39, 0.29) is 5.41 Å². The Kier molecular flexibility index (Phi) is 6.38. The number of hydrogen-bond acceptors (Lipinski definition) is 2. The van der Waals surface area contributed by atoms with E-state index >= 15 is 0 Å². The van der Waals surface area contributed by atoms with Gasteiger partial charge in [-0.05, 0) is 66.4 Å². The molecule has 0 spiro atoms. The third-order valence-corrected chi connectivity index (χ3v) is 5.74. The Morgan fingerprint density at radius 1 is 1.11 bits per heavy atom. The highest BCUT2D eigenvalue weighted by Crippen LogP contribution is 2.43. The van der Waals surface area contributed by atoms with E-state index < -0.39 is 0 Å². The van der Waals surface area contributed by atoms with Gasteiger partial charge in [-0.2, -0.15) is 0 Å². The van der Waals surface area contributed by atoms with Crippen molar-refractivity contribution in [2.45, 2.75) is 46.5 Å². The molecule has 1 atom stereocenters. The first kappa shape index (κ1) is 19.7. The summed E-state index contributed by atoms with van der Waals surface area (Å²) >= 11 is 6.79. The number of hydrogen-bond donors (Lipinski definition) is 1. The maximum absolute atomic E-state index is 6.79. The molecule has 2 aliphatic rings. The van der Waals surface area contributed by atoms with Crippen LogP contribution in [0.1, 0.15) is 46.5 Å². The fourth-order valence-corrected chi connectivity index (χ4v) is 3.64. The molecule has 2 nitrogen and oxygen atoms in total. The third kappa shape index (κ3) is 5.46. The van der Waals surface area contributed by atoms with Gasteiger partial charge in [-0.1, -0.05) is 62.7 Å². The summed E-state index contributed by atoms with van der Waals surface area (Å²) in [6, 6.07) is 10.2. The zero-order valence-electron chi connectivity index (χ0n) is 16.5. The van der Waals surface area contributed by atoms with Crippen molar-refractivity contribution < 1.29 is 0 Å². The van der Waals surface area contributed by atoms with Gasteiger partial charge in [-0.15, -0.1) is 0 Å². The molecule has 0 bridgehead atoms. The van der Waals surface area contributed by atoms with Gasteiger partial charge in [0.1, 0.15) is 0 Å². The summed E-state index contributed by atoms with van der Waals surface area (Å²) in [5.41, 5.74) is 4.60. The number of anilines is 1. The smallest absolute Gasteiger partial charge is 0.0586 e. The first-order valence-electron chi connectivity index (χ1n) is 9.74. The van der Waals surface area contributed by atoms with Crippen LogP contribution in [0.4, 0.5) is 5.69 Å². The van der Waals surface area contributed by atoms with E-state index in [1.807, 2.05) is 24.4 Å². The Morgan fingerprint density at radius 3 is 2.56 bits per heavy atom. The number of aliphatic imine (C=N–C) groups is 1. The lowest BCUT2D eigenvalue weighted by Crippen LogP contribution is -2.25. The molecule has 1 N–H and O–H groups in total. The lowest BCUT2D eigenvalue weighted by Gasteiger charge is -2.35. The van der Waals surface area contributed by atoms with Crippen molar-refractivity contribution in [3.8, 4) is 0 Å². The van der Waals surface area contributed by atoms with Crippen molar-refractivity contribution in [1.82, 2.24) is 0 Å². The number of nitrogens with zero attached hydrogens (tertiary/aromatic N) is 1. The maximum atomic E-state index is 6.79. The highest BCUT2D eigenvalue weighted by atomic mass is 35.5. The first-order chi connectivity index (χ1) is 12.9. The molecule has 0 aromatic heterocycles. The number of halogens is 1. The van der Waals surface area contributed by atoms with Crippen molar-refractivity contribution in [1.29, 1.82) is 0 Å². The Morgan fingerprint density at radius 2 is 1.89 bits per heavy atom. The predicted octanol–water partition coefficient (Wildman–Crippen LogP) is 7.24. The molecule has 3 heteroatoms. The van der Waals surface area contributed by atoms with Gasteiger partial charge in [0.25, 0.3) is 0 Å². The lowest BCUT2D eigenvalue weighted by atomic mass is 9.71. The largest absolute Gasteiger partial charge is 0.361 e. The van der Waals surface area contributed by atoms with E-state index in [2.05, 4.69) is 67.6 Å². The summed E-state index contributed by atoms with van der Waals surface area (Å²) in [5, 5.41) is 4.23. The molecule has 0 fully saturated rings. The Balaban J connectivity index is 1.87. The van der Waals surface area contributed by atoms with Crippen LogP contribution < -0.4 is 5.32 Å². The van der Waals surface area contributed by atoms with Crippen molar-refractivity contribution in [2.75, 3.05) is 5.32 Å². The van der Waals surface area contributed by atoms with Crippen molar-refractivity contribution in [2.24, 2.45) is 16.3 Å². The molecular weight excluding hydrogens is 352 g/mol. The zero-order valence-corrected chi connectivity index (χ0v) is 17.3. The van der Waals surface area contributed by atoms with Crippen LogP contribution >= 0.6 is 11.6 Å². The average molecular weight is 381 g/mol. The normalized spacial score (nSPS) is 22.4. The molecule has 0 saturated heterocycles. The average Bonchev–Trinajstić information content (AvgIpc) is 2.67. The van der Waals surface area contributed by atoms with E-state index in [4.69, 9.17) is 11.6 Å². The topological polar surface area (TPSA) is 24.4 Å². The minimum absolute atomic E-state index is 0.215. The Bertz CT molecular complexity index is 805. The van der Waals surface area contributed by atoms with Gasteiger partial charge < -0.3 is 5.32 Å². The molecule has 1 unspecified atom stereocenters. The standard InChI is InChI=1S/C24H29ClN2/c1-24(2,3)20-14-18(16-26-21-10-6-4-7-11-21)23(25)19(15-20)17-27-22-12-8-5-9-13-22/h4,6-8,10-13,16-17,20,26H,5,9,14-15H2,1-3H3/b18-16+,27-17?. The quantitative estimate of drug-likeness (QED) is 0.547. The fraction of sp³-hybridized carbons (Fsp3) is 0.375. The summed E-state index contributed by atoms with van der Waals surface area (Å²) in [5.74, 6) is 0.529. The van der Waals surface area contributed by atoms with E-state index in [9.17, 15) is 0 Å². The second kappa shape index (κ2) is 8.75. The molecule has 1 aromatic rings. The molecule has 27 heavy (non-hydrogen) atoms. The molecule has 0 aliphatic heterocycles. The number of benzene rings is 1. The summed E-state index contributed by atoms with van der Waals surface area (Å²) in [6.45, 7) is 6.92. The fourth-order valence-electron chi connectivity index (χ4n) is 3.39. The van der Waals surface area contributed by atoms with Crippen LogP contribution in [-0.2, 0) is 0 Å². The van der Waals surface area contributed by atoms with E-state index in [1.165, 1.54) is 0 Å². The molecule has 0 amide bonds. The van der Waals surface area contributed by atoms with Gasteiger partial charge in [0.2, 0.25) is 0 Å². The van der Waals surface area contributed by atoms with Crippen LogP contribution in [0.15, 0.2) is 81.6 Å². The van der Waals surface area contributed by atoms with Crippen LogP contribution in [0, 0.1) is 11.3 Å². The molecule has 0 saturated carbocycles. The van der Waals surface area contributed by atoms with Gasteiger partial charge >= 0.3 is 0 Å². The highest BCUT2D eigenvalue weighted by Gasteiger charge is 2.31. The minimum Gasteiger partial charge on any atom is -0.361 e. The van der Waals surface area contributed by atoms with E-state index in [0.29, 0.717) is 5.92 Å². The van der Waals surface area contributed by atoms with Gasteiger partial charge in [-0.25, -0.2) is 0 Å². The minimum atomic E-state index is 0.215. The van der Waals surface area contributed by atoms with Gasteiger partial charge in [0.15, 0.2) is 0 Å². The zero-order chi connectivity index (χ0) is 19.3. The van der Waals surface area contributed by atoms with Crippen LogP contribution in [0.2, 0.25) is 0 Å². The van der Waals surface area contributed by atoms with Gasteiger partial charge in [0, 0.05) is 23.1 Å². The van der Waals surface area contributed by atoms with Crippen LogP contribution in [0.3, 0.4) is 0 Å². The van der Waals surface area contributed by atoms with Crippen LogP contribution in [0.5, 0.6) is 0 Å². The number of nitrogens with one attached hydrogen (secondary N) is 1. The van der Waals surface area contributed by atoms with Crippen molar-refractivity contribution in [3.63, 3.8) is 0 Å². The van der Waals surface area contributed by atoms with E-state index in [0.717, 1.165) is 53.2 Å². The maximum Gasteiger partial charge on any atom is 0.0586 e.